The number of piperidine rings is 1. The number of thiocarbonyl (C=S) groups is 1. The van der Waals surface area contributed by atoms with Gasteiger partial charge in [-0.3, -0.25) is 4.79 Å². The monoisotopic (exact) mass is 229 g/mol. The van der Waals surface area contributed by atoms with Crippen molar-refractivity contribution in [1.82, 2.24) is 4.90 Å². The van der Waals surface area contributed by atoms with Gasteiger partial charge in [0.25, 0.3) is 0 Å². The van der Waals surface area contributed by atoms with Gasteiger partial charge < -0.3 is 16.4 Å². The van der Waals surface area contributed by atoms with E-state index in [1.807, 2.05) is 6.92 Å². The highest BCUT2D eigenvalue weighted by Gasteiger charge is 2.23. The summed E-state index contributed by atoms with van der Waals surface area (Å²) in [7, 11) is 0. The number of hydrogen-bond acceptors (Lipinski definition) is 3. The van der Waals surface area contributed by atoms with Gasteiger partial charge in [0.05, 0.1) is 4.99 Å². The lowest BCUT2D eigenvalue weighted by Gasteiger charge is -2.33. The van der Waals surface area contributed by atoms with Crippen LogP contribution in [0.2, 0.25) is 0 Å². The number of amides is 1. The van der Waals surface area contributed by atoms with Crippen LogP contribution in [-0.4, -0.2) is 35.4 Å². The second-order valence-corrected chi connectivity index (χ2v) is 4.78. The summed E-state index contributed by atoms with van der Waals surface area (Å²) in [5, 5.41) is 0. The Bertz CT molecular complexity index is 255. The summed E-state index contributed by atoms with van der Waals surface area (Å²) in [6.45, 7) is 4.45. The van der Waals surface area contributed by atoms with Crippen molar-refractivity contribution in [3.8, 4) is 0 Å². The van der Waals surface area contributed by atoms with Gasteiger partial charge in [-0.05, 0) is 19.4 Å². The maximum absolute atomic E-state index is 10.9. The van der Waals surface area contributed by atoms with E-state index in [1.165, 1.54) is 0 Å². The topological polar surface area (TPSA) is 72.3 Å². The number of primary amides is 1. The van der Waals surface area contributed by atoms with Crippen LogP contribution >= 0.6 is 12.2 Å². The summed E-state index contributed by atoms with van der Waals surface area (Å²) in [6, 6.07) is 0. The number of carbonyl (C=O) groups is 1. The molecule has 0 spiro atoms. The quantitative estimate of drug-likeness (QED) is 0.671. The van der Waals surface area contributed by atoms with Gasteiger partial charge in [-0.2, -0.15) is 0 Å². The van der Waals surface area contributed by atoms with Crippen molar-refractivity contribution in [3.05, 3.63) is 0 Å². The summed E-state index contributed by atoms with van der Waals surface area (Å²) in [5.41, 5.74) is 10.9. The molecule has 15 heavy (non-hydrogen) atoms. The third-order valence-electron chi connectivity index (χ3n) is 2.93. The van der Waals surface area contributed by atoms with E-state index in [1.54, 1.807) is 0 Å². The Labute approximate surface area is 96.0 Å². The minimum absolute atomic E-state index is 0.102. The summed E-state index contributed by atoms with van der Waals surface area (Å²) >= 11 is 4.99. The SMILES string of the molecule is CC(CN1CCCC(C(N)=S)C1)C(N)=O. The predicted molar refractivity (Wildman–Crippen MR) is 64.3 cm³/mol. The van der Waals surface area contributed by atoms with Gasteiger partial charge in [-0.25, -0.2) is 0 Å². The van der Waals surface area contributed by atoms with Crippen LogP contribution in [-0.2, 0) is 4.79 Å². The van der Waals surface area contributed by atoms with Gasteiger partial charge in [-0.15, -0.1) is 0 Å². The fourth-order valence-electron chi connectivity index (χ4n) is 1.93. The Kier molecular flexibility index (Phi) is 4.47. The molecule has 2 atom stereocenters. The molecule has 0 aromatic carbocycles. The Hall–Kier alpha value is -0.680. The Morgan fingerprint density at radius 3 is 2.80 bits per heavy atom. The fourth-order valence-corrected chi connectivity index (χ4v) is 2.12. The van der Waals surface area contributed by atoms with Gasteiger partial charge >= 0.3 is 0 Å². The molecule has 5 heteroatoms. The van der Waals surface area contributed by atoms with Crippen LogP contribution in [0.3, 0.4) is 0 Å². The van der Waals surface area contributed by atoms with Gasteiger partial charge in [0.2, 0.25) is 5.91 Å². The van der Waals surface area contributed by atoms with Gasteiger partial charge in [0, 0.05) is 24.9 Å². The molecule has 1 aliphatic rings. The molecule has 86 valence electrons. The van der Waals surface area contributed by atoms with Crippen molar-refractivity contribution in [3.63, 3.8) is 0 Å². The Morgan fingerprint density at radius 2 is 2.27 bits per heavy atom. The van der Waals surface area contributed by atoms with E-state index < -0.39 is 0 Å². The molecule has 1 rings (SSSR count). The molecule has 1 aliphatic heterocycles. The molecule has 1 amide bonds. The smallest absolute Gasteiger partial charge is 0.221 e. The van der Waals surface area contributed by atoms with Crippen LogP contribution in [0, 0.1) is 11.8 Å². The third-order valence-corrected chi connectivity index (χ3v) is 3.26. The molecular formula is C10H19N3OS. The lowest BCUT2D eigenvalue weighted by molar-refractivity contribution is -0.121. The summed E-state index contributed by atoms with van der Waals surface area (Å²) in [5.74, 6) is -0.0450. The number of nitrogens with zero attached hydrogens (tertiary/aromatic N) is 1. The molecular weight excluding hydrogens is 210 g/mol. The maximum atomic E-state index is 10.9. The highest BCUT2D eigenvalue weighted by molar-refractivity contribution is 7.80. The van der Waals surface area contributed by atoms with E-state index >= 15 is 0 Å². The Morgan fingerprint density at radius 1 is 1.60 bits per heavy atom. The molecule has 4 nitrogen and oxygen atoms in total. The average Bonchev–Trinajstić information content (AvgIpc) is 2.18. The second-order valence-electron chi connectivity index (χ2n) is 4.30. The lowest BCUT2D eigenvalue weighted by Crippen LogP contribution is -2.43. The number of nitrogens with two attached hydrogens (primary N) is 2. The van der Waals surface area contributed by atoms with Crippen molar-refractivity contribution in [2.24, 2.45) is 23.3 Å². The first-order chi connectivity index (χ1) is 7.00. The normalized spacial score (nSPS) is 24.7. The molecule has 0 aromatic rings. The molecule has 0 radical (unpaired) electrons. The van der Waals surface area contributed by atoms with Crippen molar-refractivity contribution in [1.29, 1.82) is 0 Å². The number of carbonyl (C=O) groups excluding carboxylic acids is 1. The molecule has 1 heterocycles. The molecule has 1 saturated heterocycles. The summed E-state index contributed by atoms with van der Waals surface area (Å²) in [4.78, 5) is 13.7. The van der Waals surface area contributed by atoms with Gasteiger partial charge in [0.1, 0.15) is 0 Å². The largest absolute Gasteiger partial charge is 0.393 e. The van der Waals surface area contributed by atoms with Crippen molar-refractivity contribution in [2.75, 3.05) is 19.6 Å². The van der Waals surface area contributed by atoms with E-state index in [9.17, 15) is 4.79 Å². The van der Waals surface area contributed by atoms with Crippen LogP contribution in [0.1, 0.15) is 19.8 Å². The van der Waals surface area contributed by atoms with E-state index in [0.29, 0.717) is 17.5 Å². The zero-order valence-electron chi connectivity index (χ0n) is 9.11. The average molecular weight is 229 g/mol. The standard InChI is InChI=1S/C10H19N3OS/c1-7(9(11)14)5-13-4-2-3-8(6-13)10(12)15/h7-8H,2-6H2,1H3,(H2,11,14)(H2,12,15). The van der Waals surface area contributed by atoms with Crippen molar-refractivity contribution < 1.29 is 4.79 Å². The molecule has 2 unspecified atom stereocenters. The first kappa shape index (κ1) is 12.4. The minimum atomic E-state index is -0.243. The van der Waals surface area contributed by atoms with Crippen molar-refractivity contribution in [2.45, 2.75) is 19.8 Å². The number of likely N-dealkylation sites (tertiary alicyclic amines) is 1. The highest BCUT2D eigenvalue weighted by atomic mass is 32.1. The van der Waals surface area contributed by atoms with Crippen LogP contribution in [0.25, 0.3) is 0 Å². The molecule has 0 aromatic heterocycles. The highest BCUT2D eigenvalue weighted by Crippen LogP contribution is 2.17. The maximum Gasteiger partial charge on any atom is 0.221 e. The summed E-state index contributed by atoms with van der Waals surface area (Å²) in [6.07, 6.45) is 2.16. The molecule has 0 bridgehead atoms. The molecule has 1 fully saturated rings. The molecule has 0 aliphatic carbocycles. The summed E-state index contributed by atoms with van der Waals surface area (Å²) < 4.78 is 0. The first-order valence-electron chi connectivity index (χ1n) is 5.31. The molecule has 0 saturated carbocycles. The van der Waals surface area contributed by atoms with Crippen LogP contribution < -0.4 is 11.5 Å². The van der Waals surface area contributed by atoms with Crippen molar-refractivity contribution >= 4 is 23.1 Å². The number of rotatable bonds is 4. The zero-order chi connectivity index (χ0) is 11.4. The minimum Gasteiger partial charge on any atom is -0.393 e. The predicted octanol–water partition coefficient (Wildman–Crippen LogP) is 0.106. The van der Waals surface area contributed by atoms with Crippen LogP contribution in [0.15, 0.2) is 0 Å². The van der Waals surface area contributed by atoms with Gasteiger partial charge in [0.15, 0.2) is 0 Å². The van der Waals surface area contributed by atoms with Crippen LogP contribution in [0.4, 0.5) is 0 Å². The van der Waals surface area contributed by atoms with E-state index in [-0.39, 0.29) is 11.8 Å². The van der Waals surface area contributed by atoms with E-state index in [4.69, 9.17) is 23.7 Å². The molecule has 4 N–H and O–H groups in total. The Balaban J connectivity index is 2.43. The first-order valence-corrected chi connectivity index (χ1v) is 5.72. The van der Waals surface area contributed by atoms with E-state index in [2.05, 4.69) is 4.90 Å². The second kappa shape index (κ2) is 5.42. The van der Waals surface area contributed by atoms with E-state index in [0.717, 1.165) is 25.9 Å². The third kappa shape index (κ3) is 3.76. The van der Waals surface area contributed by atoms with Crippen LogP contribution in [0.5, 0.6) is 0 Å². The lowest BCUT2D eigenvalue weighted by atomic mass is 9.97. The van der Waals surface area contributed by atoms with Gasteiger partial charge in [-0.1, -0.05) is 19.1 Å². The zero-order valence-corrected chi connectivity index (χ0v) is 9.93. The fraction of sp³-hybridized carbons (Fsp3) is 0.800. The number of hydrogen-bond donors (Lipinski definition) is 2.